The van der Waals surface area contributed by atoms with Gasteiger partial charge in [-0.05, 0) is 35.6 Å². The van der Waals surface area contributed by atoms with E-state index in [0.29, 0.717) is 6.42 Å². The second-order valence-corrected chi connectivity index (χ2v) is 8.34. The minimum Gasteiger partial charge on any atom is -0.495 e. The largest absolute Gasteiger partial charge is 0.495 e. The summed E-state index contributed by atoms with van der Waals surface area (Å²) >= 11 is 1.51. The van der Waals surface area contributed by atoms with Crippen LogP contribution >= 0.6 is 11.3 Å². The molecular weight excluding hydrogens is 402 g/mol. The number of piperazine rings is 1. The number of non-ortho nitro benzene ring substituents is 1. The van der Waals surface area contributed by atoms with Crippen molar-refractivity contribution in [2.45, 2.75) is 12.5 Å². The van der Waals surface area contributed by atoms with Crippen LogP contribution in [-0.2, 0) is 0 Å². The number of para-hydroxylation sites is 2. The van der Waals surface area contributed by atoms with Gasteiger partial charge in [0.2, 0.25) is 0 Å². The van der Waals surface area contributed by atoms with Crippen LogP contribution in [0.15, 0.2) is 47.8 Å². The predicted octanol–water partition coefficient (Wildman–Crippen LogP) is 4.06. The van der Waals surface area contributed by atoms with E-state index in [1.807, 2.05) is 23.6 Å². The van der Waals surface area contributed by atoms with Gasteiger partial charge in [0.15, 0.2) is 0 Å². The highest BCUT2D eigenvalue weighted by Crippen LogP contribution is 2.34. The van der Waals surface area contributed by atoms with Gasteiger partial charge in [0, 0.05) is 54.9 Å². The van der Waals surface area contributed by atoms with Crippen molar-refractivity contribution in [1.82, 2.24) is 4.90 Å². The lowest BCUT2D eigenvalue weighted by molar-refractivity contribution is -0.384. The van der Waals surface area contributed by atoms with Crippen LogP contribution in [0.2, 0.25) is 0 Å². The number of fused-ring (bicyclic) bond motifs is 1. The van der Waals surface area contributed by atoms with E-state index in [0.717, 1.165) is 59.8 Å². The molecule has 7 nitrogen and oxygen atoms in total. The number of hydrogen-bond donors (Lipinski definition) is 1. The van der Waals surface area contributed by atoms with Gasteiger partial charge in [0.05, 0.1) is 23.8 Å². The highest BCUT2D eigenvalue weighted by Gasteiger charge is 2.21. The molecule has 3 aromatic rings. The van der Waals surface area contributed by atoms with Gasteiger partial charge < -0.3 is 14.7 Å². The van der Waals surface area contributed by atoms with Crippen molar-refractivity contribution in [2.24, 2.45) is 0 Å². The lowest BCUT2D eigenvalue weighted by Crippen LogP contribution is -2.46. The molecule has 8 heteroatoms. The molecule has 0 aliphatic carbocycles. The number of thiophene rings is 1. The van der Waals surface area contributed by atoms with E-state index in [9.17, 15) is 15.2 Å². The molecule has 1 atom stereocenters. The number of benzene rings is 2. The molecule has 0 saturated carbocycles. The summed E-state index contributed by atoms with van der Waals surface area (Å²) in [5.41, 5.74) is 1.96. The fraction of sp³-hybridized carbons (Fsp3) is 0.364. The van der Waals surface area contributed by atoms with E-state index in [-0.39, 0.29) is 5.69 Å². The first-order valence-corrected chi connectivity index (χ1v) is 10.9. The number of ether oxygens (including phenoxy) is 1. The number of nitrogens with zero attached hydrogens (tertiary/aromatic N) is 3. The molecule has 1 aliphatic heterocycles. The van der Waals surface area contributed by atoms with Gasteiger partial charge in [-0.25, -0.2) is 0 Å². The Hall–Kier alpha value is -2.68. The number of nitro groups is 1. The van der Waals surface area contributed by atoms with Crippen molar-refractivity contribution < 1.29 is 14.8 Å². The van der Waals surface area contributed by atoms with Crippen LogP contribution in [0.3, 0.4) is 0 Å². The maximum Gasteiger partial charge on any atom is 0.270 e. The Morgan fingerprint density at radius 1 is 1.20 bits per heavy atom. The summed E-state index contributed by atoms with van der Waals surface area (Å²) in [6.07, 6.45) is -0.0311. The average molecular weight is 428 g/mol. The number of methoxy groups -OCH3 is 1. The molecule has 1 unspecified atom stereocenters. The first-order chi connectivity index (χ1) is 14.6. The number of hydrogen-bond acceptors (Lipinski definition) is 7. The van der Waals surface area contributed by atoms with E-state index in [1.54, 1.807) is 19.2 Å². The summed E-state index contributed by atoms with van der Waals surface area (Å²) in [4.78, 5) is 15.4. The summed E-state index contributed by atoms with van der Waals surface area (Å²) in [5.74, 6) is 0.889. The Balaban J connectivity index is 1.35. The molecule has 1 saturated heterocycles. The fourth-order valence-electron chi connectivity index (χ4n) is 3.97. The molecule has 1 aromatic heterocycles. The Kier molecular flexibility index (Phi) is 6.17. The van der Waals surface area contributed by atoms with Crippen LogP contribution in [0, 0.1) is 10.1 Å². The smallest absolute Gasteiger partial charge is 0.270 e. The third-order valence-corrected chi connectivity index (χ3v) is 6.66. The lowest BCUT2D eigenvalue weighted by atomic mass is 10.0. The monoisotopic (exact) mass is 427 g/mol. The van der Waals surface area contributed by atoms with E-state index >= 15 is 0 Å². The Morgan fingerprint density at radius 2 is 1.97 bits per heavy atom. The van der Waals surface area contributed by atoms with Crippen LogP contribution in [0.5, 0.6) is 5.75 Å². The normalized spacial score (nSPS) is 16.0. The van der Waals surface area contributed by atoms with Gasteiger partial charge in [0.25, 0.3) is 5.69 Å². The van der Waals surface area contributed by atoms with Crippen molar-refractivity contribution in [3.63, 3.8) is 0 Å². The van der Waals surface area contributed by atoms with Gasteiger partial charge in [0.1, 0.15) is 5.75 Å². The molecule has 0 amide bonds. The summed E-state index contributed by atoms with van der Waals surface area (Å²) in [6.45, 7) is 4.43. The fourth-order valence-corrected chi connectivity index (χ4v) is 4.96. The molecule has 2 heterocycles. The predicted molar refractivity (Wildman–Crippen MR) is 120 cm³/mol. The van der Waals surface area contributed by atoms with Crippen molar-refractivity contribution >= 4 is 32.8 Å². The molecule has 30 heavy (non-hydrogen) atoms. The second-order valence-electron chi connectivity index (χ2n) is 7.43. The molecule has 1 N–H and O–H groups in total. The number of rotatable bonds is 7. The lowest BCUT2D eigenvalue weighted by Gasteiger charge is -2.36. The summed E-state index contributed by atoms with van der Waals surface area (Å²) in [7, 11) is 1.69. The van der Waals surface area contributed by atoms with Crippen LogP contribution in [0.1, 0.15) is 18.1 Å². The topological polar surface area (TPSA) is 79.1 Å². The Bertz CT molecular complexity index is 1030. The molecule has 1 aliphatic rings. The van der Waals surface area contributed by atoms with E-state index in [1.165, 1.54) is 17.4 Å². The number of aliphatic hydroxyl groups excluding tert-OH is 1. The van der Waals surface area contributed by atoms with E-state index < -0.39 is 11.0 Å². The maximum atomic E-state index is 11.1. The zero-order valence-electron chi connectivity index (χ0n) is 16.9. The molecule has 4 rings (SSSR count). The highest BCUT2D eigenvalue weighted by molar-refractivity contribution is 7.17. The molecule has 1 fully saturated rings. The summed E-state index contributed by atoms with van der Waals surface area (Å²) < 4.78 is 6.43. The Labute approximate surface area is 179 Å². The molecule has 158 valence electrons. The van der Waals surface area contributed by atoms with Gasteiger partial charge in [-0.3, -0.25) is 15.0 Å². The van der Waals surface area contributed by atoms with Crippen LogP contribution in [-0.4, -0.2) is 54.8 Å². The maximum absolute atomic E-state index is 11.1. The van der Waals surface area contributed by atoms with Crippen LogP contribution < -0.4 is 9.64 Å². The zero-order valence-corrected chi connectivity index (χ0v) is 17.7. The van der Waals surface area contributed by atoms with Crippen molar-refractivity contribution in [2.75, 3.05) is 44.7 Å². The first-order valence-electron chi connectivity index (χ1n) is 10.0. The van der Waals surface area contributed by atoms with E-state index in [4.69, 9.17) is 4.74 Å². The first kappa shape index (κ1) is 20.6. The third-order valence-electron chi connectivity index (χ3n) is 5.67. The second kappa shape index (κ2) is 8.99. The van der Waals surface area contributed by atoms with Crippen LogP contribution in [0.25, 0.3) is 10.1 Å². The van der Waals surface area contributed by atoms with E-state index in [2.05, 4.69) is 15.9 Å². The third kappa shape index (κ3) is 4.26. The minimum atomic E-state index is -0.631. The van der Waals surface area contributed by atoms with Gasteiger partial charge in [-0.15, -0.1) is 11.3 Å². The molecule has 0 spiro atoms. The SMILES string of the molecule is COc1ccccc1N1CCN(CCC(O)c2csc3ccc([N+](=O)[O-])cc23)CC1. The van der Waals surface area contributed by atoms with Gasteiger partial charge >= 0.3 is 0 Å². The standard InChI is InChI=1S/C22H25N3O4S/c1-29-21-5-3-2-4-19(21)24-12-10-23(11-13-24)9-8-20(26)18-15-30-22-7-6-16(25(27)28)14-17(18)22/h2-7,14-15,20,26H,8-13H2,1H3. The zero-order chi connectivity index (χ0) is 21.1. The Morgan fingerprint density at radius 3 is 2.70 bits per heavy atom. The highest BCUT2D eigenvalue weighted by atomic mass is 32.1. The van der Waals surface area contributed by atoms with Crippen molar-refractivity contribution in [3.05, 3.63) is 63.5 Å². The minimum absolute atomic E-state index is 0.0572. The quantitative estimate of drug-likeness (QED) is 0.452. The average Bonchev–Trinajstić information content (AvgIpc) is 3.21. The number of aliphatic hydroxyl groups is 1. The summed E-state index contributed by atoms with van der Waals surface area (Å²) in [5, 5.41) is 24.5. The van der Waals surface area contributed by atoms with Crippen molar-refractivity contribution in [1.29, 1.82) is 0 Å². The molecular formula is C22H25N3O4S. The van der Waals surface area contributed by atoms with Gasteiger partial charge in [-0.1, -0.05) is 12.1 Å². The van der Waals surface area contributed by atoms with Crippen molar-refractivity contribution in [3.8, 4) is 5.75 Å². The number of anilines is 1. The van der Waals surface area contributed by atoms with Crippen LogP contribution in [0.4, 0.5) is 11.4 Å². The summed E-state index contributed by atoms with van der Waals surface area (Å²) in [6, 6.07) is 12.9. The molecule has 2 aromatic carbocycles. The number of nitro benzene ring substituents is 1. The van der Waals surface area contributed by atoms with Gasteiger partial charge in [-0.2, -0.15) is 0 Å². The molecule has 0 bridgehead atoms. The molecule has 0 radical (unpaired) electrons.